The molecular formula is C11H19N3S. The van der Waals surface area contributed by atoms with E-state index in [2.05, 4.69) is 44.4 Å². The summed E-state index contributed by atoms with van der Waals surface area (Å²) in [7, 11) is 0. The SMILES string of the molecule is C=CCn1nc(SCC)nc1C(C)(C)C. The summed E-state index contributed by atoms with van der Waals surface area (Å²) in [5.74, 6) is 2.03. The zero-order valence-corrected chi connectivity index (χ0v) is 10.8. The molecule has 0 aliphatic rings. The van der Waals surface area contributed by atoms with Gasteiger partial charge in [0.2, 0.25) is 5.16 Å². The fourth-order valence-corrected chi connectivity index (χ4v) is 1.88. The van der Waals surface area contributed by atoms with Gasteiger partial charge in [0.15, 0.2) is 0 Å². The standard InChI is InChI=1S/C11H19N3S/c1-6-8-14-9(11(3,4)5)12-10(13-14)15-7-2/h6H,1,7-8H2,2-5H3. The average molecular weight is 225 g/mol. The molecule has 1 heterocycles. The van der Waals surface area contributed by atoms with E-state index in [0.29, 0.717) is 0 Å². The molecule has 0 fully saturated rings. The van der Waals surface area contributed by atoms with E-state index in [1.807, 2.05) is 10.8 Å². The second kappa shape index (κ2) is 4.84. The van der Waals surface area contributed by atoms with Gasteiger partial charge in [-0.3, -0.25) is 0 Å². The van der Waals surface area contributed by atoms with E-state index in [0.717, 1.165) is 23.3 Å². The van der Waals surface area contributed by atoms with Crippen molar-refractivity contribution in [1.82, 2.24) is 14.8 Å². The molecule has 84 valence electrons. The van der Waals surface area contributed by atoms with Gasteiger partial charge < -0.3 is 0 Å². The molecule has 0 N–H and O–H groups in total. The van der Waals surface area contributed by atoms with Crippen LogP contribution < -0.4 is 0 Å². The lowest BCUT2D eigenvalue weighted by Gasteiger charge is -2.17. The number of nitrogens with zero attached hydrogens (tertiary/aromatic N) is 3. The van der Waals surface area contributed by atoms with Crippen LogP contribution in [0.3, 0.4) is 0 Å². The van der Waals surface area contributed by atoms with Crippen molar-refractivity contribution >= 4 is 11.8 Å². The second-order valence-corrected chi connectivity index (χ2v) is 5.60. The lowest BCUT2D eigenvalue weighted by Crippen LogP contribution is -2.19. The number of aromatic nitrogens is 3. The van der Waals surface area contributed by atoms with Crippen LogP contribution in [0, 0.1) is 0 Å². The molecule has 4 heteroatoms. The summed E-state index contributed by atoms with van der Waals surface area (Å²) in [4.78, 5) is 4.56. The minimum atomic E-state index is 0.0303. The highest BCUT2D eigenvalue weighted by Crippen LogP contribution is 2.23. The Labute approximate surface area is 96.0 Å². The van der Waals surface area contributed by atoms with Crippen molar-refractivity contribution in [2.45, 2.75) is 44.8 Å². The van der Waals surface area contributed by atoms with E-state index < -0.39 is 0 Å². The van der Waals surface area contributed by atoms with E-state index in [1.54, 1.807) is 11.8 Å². The maximum atomic E-state index is 4.56. The minimum Gasteiger partial charge on any atom is -0.245 e. The number of rotatable bonds is 4. The van der Waals surface area contributed by atoms with Crippen molar-refractivity contribution in [2.75, 3.05) is 5.75 Å². The smallest absolute Gasteiger partial charge is 0.208 e. The Kier molecular flexibility index (Phi) is 3.97. The molecule has 0 unspecified atom stereocenters. The van der Waals surface area contributed by atoms with Gasteiger partial charge in [-0.2, -0.15) is 0 Å². The second-order valence-electron chi connectivity index (χ2n) is 4.37. The van der Waals surface area contributed by atoms with Gasteiger partial charge in [-0.25, -0.2) is 9.67 Å². The zero-order chi connectivity index (χ0) is 11.5. The number of allylic oxidation sites excluding steroid dienone is 1. The molecule has 0 saturated heterocycles. The molecule has 15 heavy (non-hydrogen) atoms. The van der Waals surface area contributed by atoms with E-state index in [9.17, 15) is 0 Å². The minimum absolute atomic E-state index is 0.0303. The Morgan fingerprint density at radius 2 is 2.13 bits per heavy atom. The summed E-state index contributed by atoms with van der Waals surface area (Å²) >= 11 is 1.67. The number of thioether (sulfide) groups is 1. The molecule has 3 nitrogen and oxygen atoms in total. The molecule has 1 rings (SSSR count). The Morgan fingerprint density at radius 1 is 1.47 bits per heavy atom. The molecule has 0 bridgehead atoms. The van der Waals surface area contributed by atoms with Crippen molar-refractivity contribution in [3.63, 3.8) is 0 Å². The summed E-state index contributed by atoms with van der Waals surface area (Å²) in [6, 6.07) is 0. The van der Waals surface area contributed by atoms with Crippen LogP contribution in [-0.4, -0.2) is 20.5 Å². The normalized spacial score (nSPS) is 11.7. The lowest BCUT2D eigenvalue weighted by atomic mass is 9.96. The predicted molar refractivity (Wildman–Crippen MR) is 65.3 cm³/mol. The first-order chi connectivity index (χ1) is 6.99. The van der Waals surface area contributed by atoms with Crippen LogP contribution in [0.25, 0.3) is 0 Å². The first-order valence-corrected chi connectivity index (χ1v) is 6.16. The van der Waals surface area contributed by atoms with Crippen LogP contribution >= 0.6 is 11.8 Å². The van der Waals surface area contributed by atoms with Gasteiger partial charge in [-0.05, 0) is 5.75 Å². The van der Waals surface area contributed by atoms with Crippen molar-refractivity contribution < 1.29 is 0 Å². The van der Waals surface area contributed by atoms with Crippen LogP contribution in [0.1, 0.15) is 33.5 Å². The highest BCUT2D eigenvalue weighted by atomic mass is 32.2. The molecule has 0 aromatic carbocycles. The molecule has 1 aromatic rings. The van der Waals surface area contributed by atoms with Gasteiger partial charge in [-0.1, -0.05) is 45.5 Å². The van der Waals surface area contributed by atoms with Gasteiger partial charge in [0.1, 0.15) is 5.82 Å². The van der Waals surface area contributed by atoms with E-state index in [-0.39, 0.29) is 5.41 Å². The predicted octanol–water partition coefficient (Wildman–Crippen LogP) is 2.87. The topological polar surface area (TPSA) is 30.7 Å². The molecule has 0 radical (unpaired) electrons. The zero-order valence-electron chi connectivity index (χ0n) is 9.95. The maximum absolute atomic E-state index is 4.56. The molecule has 0 aliphatic heterocycles. The quantitative estimate of drug-likeness (QED) is 0.583. The highest BCUT2D eigenvalue weighted by Gasteiger charge is 2.22. The summed E-state index contributed by atoms with van der Waals surface area (Å²) in [5, 5.41) is 5.32. The van der Waals surface area contributed by atoms with Crippen molar-refractivity contribution in [3.8, 4) is 0 Å². The third kappa shape index (κ3) is 3.09. The first kappa shape index (κ1) is 12.3. The Bertz CT molecular complexity index is 336. The van der Waals surface area contributed by atoms with Gasteiger partial charge in [0.05, 0.1) is 6.54 Å². The average Bonchev–Trinajstić information content (AvgIpc) is 2.49. The number of hydrogen-bond acceptors (Lipinski definition) is 3. The van der Waals surface area contributed by atoms with Crippen molar-refractivity contribution in [1.29, 1.82) is 0 Å². The summed E-state index contributed by atoms with van der Waals surface area (Å²) in [5.41, 5.74) is 0.0303. The van der Waals surface area contributed by atoms with Gasteiger partial charge in [0, 0.05) is 5.41 Å². The lowest BCUT2D eigenvalue weighted by molar-refractivity contribution is 0.493. The Morgan fingerprint density at radius 3 is 2.60 bits per heavy atom. The van der Waals surface area contributed by atoms with Crippen molar-refractivity contribution in [2.24, 2.45) is 0 Å². The molecule has 0 spiro atoms. The van der Waals surface area contributed by atoms with Crippen LogP contribution in [0.15, 0.2) is 17.8 Å². The summed E-state index contributed by atoms with van der Waals surface area (Å²) < 4.78 is 1.94. The molecule has 0 saturated carbocycles. The maximum Gasteiger partial charge on any atom is 0.208 e. The van der Waals surface area contributed by atoms with E-state index in [4.69, 9.17) is 0 Å². The fraction of sp³-hybridized carbons (Fsp3) is 0.636. The Balaban J connectivity index is 3.05. The summed E-state index contributed by atoms with van der Waals surface area (Å²) in [6.07, 6.45) is 1.85. The van der Waals surface area contributed by atoms with Gasteiger partial charge in [0.25, 0.3) is 0 Å². The third-order valence-electron chi connectivity index (χ3n) is 1.90. The van der Waals surface area contributed by atoms with Crippen LogP contribution in [0.4, 0.5) is 0 Å². The molecular weight excluding hydrogens is 206 g/mol. The van der Waals surface area contributed by atoms with Crippen molar-refractivity contribution in [3.05, 3.63) is 18.5 Å². The molecule has 1 aromatic heterocycles. The molecule has 0 atom stereocenters. The fourth-order valence-electron chi connectivity index (χ4n) is 1.32. The monoisotopic (exact) mass is 225 g/mol. The molecule has 0 amide bonds. The van der Waals surface area contributed by atoms with Gasteiger partial charge in [-0.15, -0.1) is 11.7 Å². The van der Waals surface area contributed by atoms with E-state index >= 15 is 0 Å². The van der Waals surface area contributed by atoms with Gasteiger partial charge >= 0.3 is 0 Å². The number of hydrogen-bond donors (Lipinski definition) is 0. The first-order valence-electron chi connectivity index (χ1n) is 5.18. The van der Waals surface area contributed by atoms with Crippen LogP contribution in [0.2, 0.25) is 0 Å². The Hall–Kier alpha value is -0.770. The van der Waals surface area contributed by atoms with Crippen LogP contribution in [-0.2, 0) is 12.0 Å². The highest BCUT2D eigenvalue weighted by molar-refractivity contribution is 7.99. The van der Waals surface area contributed by atoms with Crippen LogP contribution in [0.5, 0.6) is 0 Å². The molecule has 0 aliphatic carbocycles. The largest absolute Gasteiger partial charge is 0.245 e. The van der Waals surface area contributed by atoms with E-state index in [1.165, 1.54) is 0 Å². The third-order valence-corrected chi connectivity index (χ3v) is 2.62. The summed E-state index contributed by atoms with van der Waals surface area (Å²) in [6.45, 7) is 13.0.